The van der Waals surface area contributed by atoms with E-state index in [1.807, 2.05) is 19.1 Å². The van der Waals surface area contributed by atoms with Crippen LogP contribution < -0.4 is 0 Å². The molecule has 0 aromatic carbocycles. The molecule has 0 N–H and O–H groups in total. The van der Waals surface area contributed by atoms with Crippen LogP contribution in [0.4, 0.5) is 0 Å². The van der Waals surface area contributed by atoms with Gasteiger partial charge in [-0.3, -0.25) is 4.79 Å². The second-order valence-electron chi connectivity index (χ2n) is 3.47. The Kier molecular flexibility index (Phi) is 5.84. The largest absolute Gasteiger partial charge is 0.465 e. The molecule has 0 radical (unpaired) electrons. The lowest BCUT2D eigenvalue weighted by atomic mass is 10.0. The van der Waals surface area contributed by atoms with Crippen LogP contribution in [0.15, 0.2) is 17.2 Å². The van der Waals surface area contributed by atoms with Crippen molar-refractivity contribution >= 4 is 17.7 Å². The lowest BCUT2D eigenvalue weighted by molar-refractivity contribution is -0.143. The molecular formula is C13H13N3O2S. The molecule has 0 saturated carbocycles. The van der Waals surface area contributed by atoms with Crippen molar-refractivity contribution in [3.63, 3.8) is 0 Å². The van der Waals surface area contributed by atoms with Crippen LogP contribution in [-0.4, -0.2) is 23.3 Å². The molecule has 0 aliphatic rings. The highest BCUT2D eigenvalue weighted by Gasteiger charge is 2.23. The maximum atomic E-state index is 11.7. The molecule has 0 bridgehead atoms. The highest BCUT2D eigenvalue weighted by atomic mass is 32.2. The minimum atomic E-state index is -1.00. The Hall–Kier alpha value is -2.05. The van der Waals surface area contributed by atoms with Crippen molar-refractivity contribution in [2.24, 2.45) is 0 Å². The third-order valence-corrected chi connectivity index (χ3v) is 3.18. The highest BCUT2D eigenvalue weighted by Crippen LogP contribution is 2.25. The fourth-order valence-electron chi connectivity index (χ4n) is 1.46. The van der Waals surface area contributed by atoms with Crippen LogP contribution in [0.2, 0.25) is 0 Å². The predicted molar refractivity (Wildman–Crippen MR) is 70.3 cm³/mol. The number of esters is 1. The molecule has 1 aromatic rings. The molecule has 1 atom stereocenters. The summed E-state index contributed by atoms with van der Waals surface area (Å²) in [5, 5.41) is 18.0. The van der Waals surface area contributed by atoms with Gasteiger partial charge >= 0.3 is 5.97 Å². The van der Waals surface area contributed by atoms with E-state index in [1.54, 1.807) is 13.0 Å². The van der Waals surface area contributed by atoms with Crippen LogP contribution in [0.1, 0.15) is 31.0 Å². The monoisotopic (exact) mass is 275 g/mol. The molecule has 1 heterocycles. The number of rotatable bonds is 5. The van der Waals surface area contributed by atoms with Gasteiger partial charge in [0.1, 0.15) is 6.07 Å². The van der Waals surface area contributed by atoms with Gasteiger partial charge in [0.15, 0.2) is 11.6 Å². The second-order valence-corrected chi connectivity index (χ2v) is 4.78. The Morgan fingerprint density at radius 1 is 1.53 bits per heavy atom. The van der Waals surface area contributed by atoms with Gasteiger partial charge in [-0.2, -0.15) is 10.5 Å². The minimum absolute atomic E-state index is 0.220. The first-order valence-corrected chi connectivity index (χ1v) is 6.75. The van der Waals surface area contributed by atoms with Crippen molar-refractivity contribution in [3.8, 4) is 12.1 Å². The van der Waals surface area contributed by atoms with Crippen LogP contribution >= 0.6 is 11.8 Å². The van der Waals surface area contributed by atoms with Gasteiger partial charge in [0.05, 0.1) is 12.7 Å². The van der Waals surface area contributed by atoms with Crippen molar-refractivity contribution in [1.82, 2.24) is 4.98 Å². The Balaban J connectivity index is 3.13. The van der Waals surface area contributed by atoms with E-state index in [4.69, 9.17) is 15.3 Å². The summed E-state index contributed by atoms with van der Waals surface area (Å²) in [5.74, 6) is -0.823. The number of ether oxygens (including phenoxy) is 1. The summed E-state index contributed by atoms with van der Waals surface area (Å²) in [5.41, 5.74) is 0.757. The topological polar surface area (TPSA) is 86.8 Å². The predicted octanol–water partition coefficient (Wildman–Crippen LogP) is 2.24. The molecule has 98 valence electrons. The van der Waals surface area contributed by atoms with E-state index in [-0.39, 0.29) is 6.61 Å². The van der Waals surface area contributed by atoms with E-state index in [9.17, 15) is 4.79 Å². The lowest BCUT2D eigenvalue weighted by Crippen LogP contribution is -2.15. The number of hydrogen-bond acceptors (Lipinski definition) is 6. The van der Waals surface area contributed by atoms with Gasteiger partial charge < -0.3 is 4.74 Å². The average Bonchev–Trinajstić information content (AvgIpc) is 2.40. The van der Waals surface area contributed by atoms with Crippen LogP contribution in [0.3, 0.4) is 0 Å². The van der Waals surface area contributed by atoms with Crippen LogP contribution in [0, 0.1) is 22.7 Å². The maximum Gasteiger partial charge on any atom is 0.327 e. The van der Waals surface area contributed by atoms with E-state index < -0.39 is 11.9 Å². The molecule has 5 nitrogen and oxygen atoms in total. The molecule has 6 heteroatoms. The Morgan fingerprint density at radius 2 is 2.26 bits per heavy atom. The summed E-state index contributed by atoms with van der Waals surface area (Å²) < 4.78 is 4.84. The highest BCUT2D eigenvalue weighted by molar-refractivity contribution is 7.99. The normalized spacial score (nSPS) is 11.2. The SMILES string of the molecule is CCOC(=O)C(C#N)c1cnc(C#N)c(SCC)c1. The van der Waals surface area contributed by atoms with Crippen molar-refractivity contribution in [3.05, 3.63) is 23.5 Å². The molecule has 0 saturated heterocycles. The van der Waals surface area contributed by atoms with Crippen molar-refractivity contribution < 1.29 is 9.53 Å². The molecule has 1 unspecified atom stereocenters. The molecule has 1 aromatic heterocycles. The first-order chi connectivity index (χ1) is 9.17. The zero-order valence-electron chi connectivity index (χ0n) is 10.7. The zero-order chi connectivity index (χ0) is 14.3. The van der Waals surface area contributed by atoms with Crippen LogP contribution in [-0.2, 0) is 9.53 Å². The third kappa shape index (κ3) is 3.70. The smallest absolute Gasteiger partial charge is 0.327 e. The third-order valence-electron chi connectivity index (χ3n) is 2.26. The first-order valence-electron chi connectivity index (χ1n) is 5.77. The molecule has 1 rings (SSSR count). The van der Waals surface area contributed by atoms with Gasteiger partial charge in [0, 0.05) is 11.1 Å². The maximum absolute atomic E-state index is 11.7. The minimum Gasteiger partial charge on any atom is -0.465 e. The summed E-state index contributed by atoms with van der Waals surface area (Å²) in [6, 6.07) is 5.55. The van der Waals surface area contributed by atoms with E-state index >= 15 is 0 Å². The van der Waals surface area contributed by atoms with Crippen molar-refractivity contribution in [2.75, 3.05) is 12.4 Å². The van der Waals surface area contributed by atoms with Crippen molar-refractivity contribution in [1.29, 1.82) is 10.5 Å². The van der Waals surface area contributed by atoms with Gasteiger partial charge in [-0.15, -0.1) is 11.8 Å². The fourth-order valence-corrected chi connectivity index (χ4v) is 2.22. The van der Waals surface area contributed by atoms with E-state index in [1.165, 1.54) is 18.0 Å². The molecule has 19 heavy (non-hydrogen) atoms. The molecule has 0 aliphatic carbocycles. The molecule has 0 amide bonds. The summed E-state index contributed by atoms with van der Waals surface area (Å²) in [7, 11) is 0. The van der Waals surface area contributed by atoms with Crippen molar-refractivity contribution in [2.45, 2.75) is 24.7 Å². The first kappa shape index (κ1) is 15.0. The van der Waals surface area contributed by atoms with Gasteiger partial charge in [-0.1, -0.05) is 6.92 Å². The van der Waals surface area contributed by atoms with Crippen LogP contribution in [0.25, 0.3) is 0 Å². The summed E-state index contributed by atoms with van der Waals surface area (Å²) in [6.45, 7) is 3.85. The number of nitriles is 2. The van der Waals surface area contributed by atoms with Gasteiger partial charge in [-0.05, 0) is 24.3 Å². The summed E-state index contributed by atoms with van der Waals surface area (Å²) >= 11 is 1.45. The quantitative estimate of drug-likeness (QED) is 0.605. The number of aromatic nitrogens is 1. The summed E-state index contributed by atoms with van der Waals surface area (Å²) in [4.78, 5) is 16.3. The molecule has 0 fully saturated rings. The Labute approximate surface area is 116 Å². The van der Waals surface area contributed by atoms with Gasteiger partial charge in [0.25, 0.3) is 0 Å². The van der Waals surface area contributed by atoms with E-state index in [2.05, 4.69) is 4.98 Å². The number of pyridine rings is 1. The molecule has 0 aliphatic heterocycles. The van der Waals surface area contributed by atoms with Gasteiger partial charge in [-0.25, -0.2) is 4.98 Å². The van der Waals surface area contributed by atoms with E-state index in [0.29, 0.717) is 16.2 Å². The zero-order valence-corrected chi connectivity index (χ0v) is 11.5. The summed E-state index contributed by atoms with van der Waals surface area (Å²) in [6.07, 6.45) is 1.38. The fraction of sp³-hybridized carbons (Fsp3) is 0.385. The second kappa shape index (κ2) is 7.40. The number of nitrogens with zero attached hydrogens (tertiary/aromatic N) is 3. The number of thioether (sulfide) groups is 1. The number of hydrogen-bond donors (Lipinski definition) is 0. The standard InChI is InChI=1S/C13H13N3O2S/c1-3-18-13(17)10(6-14)9-5-12(19-4-2)11(7-15)16-8-9/h5,8,10H,3-4H2,1-2H3. The molecular weight excluding hydrogens is 262 g/mol. The number of carbonyl (C=O) groups excluding carboxylic acids is 1. The van der Waals surface area contributed by atoms with Crippen LogP contribution in [0.5, 0.6) is 0 Å². The molecule has 0 spiro atoms. The average molecular weight is 275 g/mol. The van der Waals surface area contributed by atoms with Gasteiger partial charge in [0.2, 0.25) is 0 Å². The van der Waals surface area contributed by atoms with E-state index in [0.717, 1.165) is 5.75 Å². The number of carbonyl (C=O) groups is 1. The Morgan fingerprint density at radius 3 is 2.79 bits per heavy atom. The Bertz CT molecular complexity index is 546. The lowest BCUT2D eigenvalue weighted by Gasteiger charge is -2.10.